The van der Waals surface area contributed by atoms with Crippen LogP contribution in [0.25, 0.3) is 5.65 Å². The van der Waals surface area contributed by atoms with E-state index in [-0.39, 0.29) is 11.6 Å². The SMILES string of the molecule is NC1CCC(N)(c2ccc3ncc(Br)n3n2)CC1. The minimum atomic E-state index is -0.353. The molecule has 6 heteroatoms. The van der Waals surface area contributed by atoms with Crippen LogP contribution in [-0.2, 0) is 5.54 Å². The first-order chi connectivity index (χ1) is 8.58. The summed E-state index contributed by atoms with van der Waals surface area (Å²) in [5.41, 5.74) is 13.8. The van der Waals surface area contributed by atoms with Gasteiger partial charge in [-0.15, -0.1) is 0 Å². The molecule has 0 aromatic carbocycles. The van der Waals surface area contributed by atoms with Crippen LogP contribution in [0.4, 0.5) is 0 Å². The Morgan fingerprint density at radius 2 is 2.06 bits per heavy atom. The van der Waals surface area contributed by atoms with Crippen molar-refractivity contribution in [1.29, 1.82) is 0 Å². The second-order valence-corrected chi connectivity index (χ2v) is 5.88. The lowest BCUT2D eigenvalue weighted by Crippen LogP contribution is -2.44. The van der Waals surface area contributed by atoms with Crippen molar-refractivity contribution in [2.75, 3.05) is 0 Å². The van der Waals surface area contributed by atoms with Gasteiger partial charge in [-0.1, -0.05) is 0 Å². The van der Waals surface area contributed by atoms with Crippen molar-refractivity contribution in [1.82, 2.24) is 14.6 Å². The molecule has 1 fully saturated rings. The van der Waals surface area contributed by atoms with Gasteiger partial charge in [-0.2, -0.15) is 5.10 Å². The van der Waals surface area contributed by atoms with Crippen molar-refractivity contribution >= 4 is 21.6 Å². The Hall–Kier alpha value is -0.980. The fraction of sp³-hybridized carbons (Fsp3) is 0.500. The summed E-state index contributed by atoms with van der Waals surface area (Å²) in [7, 11) is 0. The molecule has 1 saturated carbocycles. The van der Waals surface area contributed by atoms with Gasteiger partial charge in [0.25, 0.3) is 0 Å². The van der Waals surface area contributed by atoms with E-state index in [1.165, 1.54) is 0 Å². The molecular weight excluding hydrogens is 294 g/mol. The molecule has 0 unspecified atom stereocenters. The van der Waals surface area contributed by atoms with Gasteiger partial charge in [0, 0.05) is 6.04 Å². The minimum absolute atomic E-state index is 0.283. The Bertz CT molecular complexity index is 571. The monoisotopic (exact) mass is 309 g/mol. The summed E-state index contributed by atoms with van der Waals surface area (Å²) in [5.74, 6) is 0. The molecule has 4 N–H and O–H groups in total. The minimum Gasteiger partial charge on any atom is -0.328 e. The van der Waals surface area contributed by atoms with Crippen LogP contribution in [-0.4, -0.2) is 20.6 Å². The fourth-order valence-corrected chi connectivity index (χ4v) is 2.89. The van der Waals surface area contributed by atoms with Gasteiger partial charge < -0.3 is 11.5 Å². The predicted molar refractivity (Wildman–Crippen MR) is 73.0 cm³/mol. The summed E-state index contributed by atoms with van der Waals surface area (Å²) in [5, 5.41) is 4.60. The summed E-state index contributed by atoms with van der Waals surface area (Å²) in [6.45, 7) is 0. The molecule has 96 valence electrons. The maximum absolute atomic E-state index is 6.49. The van der Waals surface area contributed by atoms with Crippen LogP contribution in [0.2, 0.25) is 0 Å². The molecule has 0 amide bonds. The number of hydrogen-bond acceptors (Lipinski definition) is 4. The van der Waals surface area contributed by atoms with E-state index in [0.29, 0.717) is 0 Å². The molecule has 0 aliphatic heterocycles. The van der Waals surface area contributed by atoms with E-state index >= 15 is 0 Å². The molecule has 5 nitrogen and oxygen atoms in total. The Morgan fingerprint density at radius 1 is 1.33 bits per heavy atom. The Kier molecular flexibility index (Phi) is 2.88. The molecule has 2 aromatic heterocycles. The van der Waals surface area contributed by atoms with E-state index in [0.717, 1.165) is 41.6 Å². The first-order valence-corrected chi connectivity index (χ1v) is 6.93. The first-order valence-electron chi connectivity index (χ1n) is 6.14. The Balaban J connectivity index is 2.00. The van der Waals surface area contributed by atoms with Crippen LogP contribution in [0.3, 0.4) is 0 Å². The standard InChI is InChI=1S/C12H16BrN5/c13-10-7-16-11-2-1-9(17-18(10)11)12(15)5-3-8(14)4-6-12/h1-2,7-8H,3-6,14-15H2. The maximum atomic E-state index is 6.49. The largest absolute Gasteiger partial charge is 0.328 e. The average molecular weight is 310 g/mol. The molecule has 0 atom stereocenters. The Labute approximate surface area is 114 Å². The summed E-state index contributed by atoms with van der Waals surface area (Å²) in [6.07, 6.45) is 5.44. The van der Waals surface area contributed by atoms with Gasteiger partial charge >= 0.3 is 0 Å². The van der Waals surface area contributed by atoms with Crippen LogP contribution in [0.15, 0.2) is 22.9 Å². The van der Waals surface area contributed by atoms with Crippen molar-refractivity contribution in [2.24, 2.45) is 11.5 Å². The van der Waals surface area contributed by atoms with Crippen LogP contribution in [0.1, 0.15) is 31.4 Å². The van der Waals surface area contributed by atoms with Crippen LogP contribution < -0.4 is 11.5 Å². The Morgan fingerprint density at radius 3 is 2.78 bits per heavy atom. The van der Waals surface area contributed by atoms with Gasteiger partial charge in [-0.3, -0.25) is 0 Å². The number of halogens is 1. The number of hydrogen-bond donors (Lipinski definition) is 2. The molecule has 2 heterocycles. The number of fused-ring (bicyclic) bond motifs is 1. The van der Waals surface area contributed by atoms with Crippen LogP contribution >= 0.6 is 15.9 Å². The molecule has 0 saturated heterocycles. The molecule has 18 heavy (non-hydrogen) atoms. The summed E-state index contributed by atoms with van der Waals surface area (Å²) >= 11 is 3.43. The zero-order valence-electron chi connectivity index (χ0n) is 10.0. The van der Waals surface area contributed by atoms with E-state index in [4.69, 9.17) is 11.5 Å². The highest BCUT2D eigenvalue weighted by molar-refractivity contribution is 9.10. The van der Waals surface area contributed by atoms with E-state index in [1.807, 2.05) is 12.1 Å². The number of imidazole rings is 1. The highest BCUT2D eigenvalue weighted by Crippen LogP contribution is 2.33. The van der Waals surface area contributed by atoms with Crippen LogP contribution in [0.5, 0.6) is 0 Å². The lowest BCUT2D eigenvalue weighted by Gasteiger charge is -2.35. The third-order valence-electron chi connectivity index (χ3n) is 3.75. The van der Waals surface area contributed by atoms with Crippen molar-refractivity contribution in [2.45, 2.75) is 37.3 Å². The third kappa shape index (κ3) is 1.94. The van der Waals surface area contributed by atoms with E-state index < -0.39 is 0 Å². The molecular formula is C12H16BrN5. The molecule has 3 rings (SSSR count). The topological polar surface area (TPSA) is 82.2 Å². The molecule has 0 bridgehead atoms. The second-order valence-electron chi connectivity index (χ2n) is 5.06. The molecule has 2 aromatic rings. The summed E-state index contributed by atoms with van der Waals surface area (Å²) in [4.78, 5) is 4.23. The molecule has 0 radical (unpaired) electrons. The molecule has 1 aliphatic rings. The quantitative estimate of drug-likeness (QED) is 0.837. The second kappa shape index (κ2) is 4.29. The van der Waals surface area contributed by atoms with Crippen molar-refractivity contribution in [3.8, 4) is 0 Å². The highest BCUT2D eigenvalue weighted by Gasteiger charge is 2.33. The molecule has 1 aliphatic carbocycles. The van der Waals surface area contributed by atoms with Crippen molar-refractivity contribution < 1.29 is 0 Å². The van der Waals surface area contributed by atoms with Crippen molar-refractivity contribution in [3.05, 3.63) is 28.6 Å². The third-order valence-corrected chi connectivity index (χ3v) is 4.29. The van der Waals surface area contributed by atoms with Crippen LogP contribution in [0, 0.1) is 0 Å². The smallest absolute Gasteiger partial charge is 0.154 e. The van der Waals surface area contributed by atoms with E-state index in [2.05, 4.69) is 26.0 Å². The maximum Gasteiger partial charge on any atom is 0.154 e. The lowest BCUT2D eigenvalue weighted by molar-refractivity contribution is 0.269. The zero-order valence-corrected chi connectivity index (χ0v) is 11.6. The van der Waals surface area contributed by atoms with Gasteiger partial charge in [-0.25, -0.2) is 9.50 Å². The normalized spacial score (nSPS) is 28.7. The molecule has 0 spiro atoms. The highest BCUT2D eigenvalue weighted by atomic mass is 79.9. The number of nitrogens with zero attached hydrogens (tertiary/aromatic N) is 3. The summed E-state index contributed by atoms with van der Waals surface area (Å²) in [6, 6.07) is 4.22. The van der Waals surface area contributed by atoms with Gasteiger partial charge in [-0.05, 0) is 53.7 Å². The average Bonchev–Trinajstić information content (AvgIpc) is 2.75. The number of rotatable bonds is 1. The van der Waals surface area contributed by atoms with Gasteiger partial charge in [0.15, 0.2) is 5.65 Å². The van der Waals surface area contributed by atoms with E-state index in [9.17, 15) is 0 Å². The predicted octanol–water partition coefficient (Wildman–Crippen LogP) is 1.55. The zero-order chi connectivity index (χ0) is 12.8. The fourth-order valence-electron chi connectivity index (χ4n) is 2.52. The lowest BCUT2D eigenvalue weighted by atomic mass is 9.78. The van der Waals surface area contributed by atoms with Crippen molar-refractivity contribution in [3.63, 3.8) is 0 Å². The van der Waals surface area contributed by atoms with Gasteiger partial charge in [0.05, 0.1) is 17.4 Å². The first kappa shape index (κ1) is 12.1. The van der Waals surface area contributed by atoms with Gasteiger partial charge in [0.2, 0.25) is 0 Å². The summed E-state index contributed by atoms with van der Waals surface area (Å²) < 4.78 is 2.62. The van der Waals surface area contributed by atoms with Gasteiger partial charge in [0.1, 0.15) is 4.60 Å². The number of nitrogens with two attached hydrogens (primary N) is 2. The van der Waals surface area contributed by atoms with E-state index in [1.54, 1.807) is 10.7 Å². The number of aromatic nitrogens is 3.